The van der Waals surface area contributed by atoms with Crippen molar-refractivity contribution in [2.75, 3.05) is 25.5 Å². The van der Waals surface area contributed by atoms with Gasteiger partial charge in [-0.05, 0) is 49.2 Å². The predicted molar refractivity (Wildman–Crippen MR) is 105 cm³/mol. The maximum atomic E-state index is 13.0. The Bertz CT molecular complexity index is 893. The van der Waals surface area contributed by atoms with Crippen molar-refractivity contribution in [3.8, 4) is 0 Å². The Balaban J connectivity index is 1.53. The van der Waals surface area contributed by atoms with Gasteiger partial charge in [-0.1, -0.05) is 12.1 Å². The summed E-state index contributed by atoms with van der Waals surface area (Å²) in [6.45, 7) is 0.918. The molecular weight excluding hydrogens is 377 g/mol. The number of nitrogens with zero attached hydrogens (tertiary/aromatic N) is 1. The van der Waals surface area contributed by atoms with Crippen LogP contribution in [-0.2, 0) is 4.74 Å². The molecule has 2 aromatic rings. The molecule has 3 amide bonds. The Morgan fingerprint density at radius 1 is 1.03 bits per heavy atom. The number of hydrogen-bond donors (Lipinski definition) is 2. The van der Waals surface area contributed by atoms with Gasteiger partial charge in [0.15, 0.2) is 0 Å². The molecule has 0 saturated carbocycles. The first-order valence-corrected chi connectivity index (χ1v) is 9.27. The van der Waals surface area contributed by atoms with Crippen molar-refractivity contribution in [3.63, 3.8) is 0 Å². The monoisotopic (exact) mass is 399 g/mol. The summed E-state index contributed by atoms with van der Waals surface area (Å²) in [5.41, 5.74) is 1.06. The van der Waals surface area contributed by atoms with E-state index >= 15 is 0 Å². The third kappa shape index (κ3) is 5.10. The summed E-state index contributed by atoms with van der Waals surface area (Å²) in [5, 5.41) is 5.66. The molecule has 2 N–H and O–H groups in total. The van der Waals surface area contributed by atoms with Gasteiger partial charge in [0.1, 0.15) is 5.82 Å². The first-order valence-electron chi connectivity index (χ1n) is 9.27. The van der Waals surface area contributed by atoms with Crippen LogP contribution in [0.25, 0.3) is 0 Å². The standard InChI is InChI=1S/C21H22FN3O4/c1-29-20(27)17-4-2-3-5-18(17)24-21(28)25-12-10-16(11-13-25)23-19(26)14-6-8-15(22)9-7-14/h2-9,16H,10-13H2,1H3,(H,23,26)(H,24,28). The number of likely N-dealkylation sites (tertiary alicyclic amines) is 1. The van der Waals surface area contributed by atoms with E-state index in [0.29, 0.717) is 37.2 Å². The minimum Gasteiger partial charge on any atom is -0.465 e. The molecule has 0 bridgehead atoms. The summed E-state index contributed by atoms with van der Waals surface area (Å²) >= 11 is 0. The summed E-state index contributed by atoms with van der Waals surface area (Å²) in [5.74, 6) is -1.18. The lowest BCUT2D eigenvalue weighted by atomic mass is 10.0. The van der Waals surface area contributed by atoms with Crippen LogP contribution >= 0.6 is 0 Å². The number of para-hydroxylation sites is 1. The second kappa shape index (κ2) is 9.18. The molecule has 152 valence electrons. The molecule has 0 aromatic heterocycles. The molecule has 1 heterocycles. The molecule has 0 aliphatic carbocycles. The van der Waals surface area contributed by atoms with Gasteiger partial charge in [-0.3, -0.25) is 4.79 Å². The summed E-state index contributed by atoms with van der Waals surface area (Å²) in [6, 6.07) is 11.6. The SMILES string of the molecule is COC(=O)c1ccccc1NC(=O)N1CCC(NC(=O)c2ccc(F)cc2)CC1. The fourth-order valence-corrected chi connectivity index (χ4v) is 3.17. The van der Waals surface area contributed by atoms with Crippen LogP contribution in [0.15, 0.2) is 48.5 Å². The first-order chi connectivity index (χ1) is 14.0. The van der Waals surface area contributed by atoms with Crippen LogP contribution < -0.4 is 10.6 Å². The number of ether oxygens (including phenoxy) is 1. The number of anilines is 1. The number of halogens is 1. The van der Waals surface area contributed by atoms with E-state index in [0.717, 1.165) is 0 Å². The molecule has 1 saturated heterocycles. The molecule has 1 fully saturated rings. The largest absolute Gasteiger partial charge is 0.465 e. The highest BCUT2D eigenvalue weighted by molar-refractivity contribution is 6.00. The van der Waals surface area contributed by atoms with E-state index < -0.39 is 11.8 Å². The van der Waals surface area contributed by atoms with Crippen molar-refractivity contribution in [2.24, 2.45) is 0 Å². The molecule has 0 spiro atoms. The van der Waals surface area contributed by atoms with Crippen LogP contribution in [0.3, 0.4) is 0 Å². The summed E-state index contributed by atoms with van der Waals surface area (Å²) in [7, 11) is 1.28. The van der Waals surface area contributed by atoms with Crippen LogP contribution in [-0.4, -0.2) is 49.0 Å². The third-order valence-electron chi connectivity index (χ3n) is 4.80. The maximum Gasteiger partial charge on any atom is 0.339 e. The Labute approximate surface area is 167 Å². The number of amides is 3. The van der Waals surface area contributed by atoms with Gasteiger partial charge in [-0.25, -0.2) is 14.0 Å². The summed E-state index contributed by atoms with van der Waals surface area (Å²) in [4.78, 5) is 38.3. The molecule has 29 heavy (non-hydrogen) atoms. The smallest absolute Gasteiger partial charge is 0.339 e. The topological polar surface area (TPSA) is 87.7 Å². The number of hydrogen-bond acceptors (Lipinski definition) is 4. The number of benzene rings is 2. The number of piperidine rings is 1. The van der Waals surface area contributed by atoms with E-state index in [-0.39, 0.29) is 23.5 Å². The van der Waals surface area contributed by atoms with Crippen LogP contribution in [0.1, 0.15) is 33.6 Å². The fourth-order valence-electron chi connectivity index (χ4n) is 3.17. The van der Waals surface area contributed by atoms with Gasteiger partial charge in [-0.2, -0.15) is 0 Å². The number of methoxy groups -OCH3 is 1. The number of nitrogens with one attached hydrogen (secondary N) is 2. The van der Waals surface area contributed by atoms with E-state index in [1.165, 1.54) is 31.4 Å². The average molecular weight is 399 g/mol. The lowest BCUT2D eigenvalue weighted by Gasteiger charge is -2.32. The molecule has 7 nitrogen and oxygen atoms in total. The van der Waals surface area contributed by atoms with Crippen molar-refractivity contribution in [2.45, 2.75) is 18.9 Å². The van der Waals surface area contributed by atoms with E-state index in [4.69, 9.17) is 4.74 Å². The maximum absolute atomic E-state index is 13.0. The third-order valence-corrected chi connectivity index (χ3v) is 4.80. The van der Waals surface area contributed by atoms with Gasteiger partial charge in [0.2, 0.25) is 0 Å². The summed E-state index contributed by atoms with van der Waals surface area (Å²) in [6.07, 6.45) is 1.19. The fraction of sp³-hybridized carbons (Fsp3) is 0.286. The Morgan fingerprint density at radius 2 is 1.69 bits per heavy atom. The zero-order valence-electron chi connectivity index (χ0n) is 16.0. The first kappa shape index (κ1) is 20.3. The highest BCUT2D eigenvalue weighted by Gasteiger charge is 2.25. The second-order valence-corrected chi connectivity index (χ2v) is 6.71. The van der Waals surface area contributed by atoms with Crippen LogP contribution in [0.5, 0.6) is 0 Å². The summed E-state index contributed by atoms with van der Waals surface area (Å²) < 4.78 is 17.7. The quantitative estimate of drug-likeness (QED) is 0.774. The van der Waals surface area contributed by atoms with Gasteiger partial charge >= 0.3 is 12.0 Å². The van der Waals surface area contributed by atoms with Crippen LogP contribution in [0, 0.1) is 5.82 Å². The molecule has 1 aliphatic rings. The van der Waals surface area contributed by atoms with Crippen LogP contribution in [0.4, 0.5) is 14.9 Å². The van der Waals surface area contributed by atoms with Crippen molar-refractivity contribution >= 4 is 23.6 Å². The van der Waals surface area contributed by atoms with E-state index in [1.54, 1.807) is 29.2 Å². The van der Waals surface area contributed by atoms with Crippen molar-refractivity contribution < 1.29 is 23.5 Å². The van der Waals surface area contributed by atoms with E-state index in [2.05, 4.69) is 10.6 Å². The van der Waals surface area contributed by atoms with Gasteiger partial charge in [0, 0.05) is 24.7 Å². The highest BCUT2D eigenvalue weighted by atomic mass is 19.1. The molecule has 2 aromatic carbocycles. The zero-order chi connectivity index (χ0) is 20.8. The van der Waals surface area contributed by atoms with Crippen molar-refractivity contribution in [3.05, 3.63) is 65.5 Å². The molecule has 8 heteroatoms. The number of urea groups is 1. The number of rotatable bonds is 4. The van der Waals surface area contributed by atoms with Gasteiger partial charge in [0.05, 0.1) is 18.4 Å². The molecule has 0 radical (unpaired) electrons. The van der Waals surface area contributed by atoms with Crippen molar-refractivity contribution in [1.82, 2.24) is 10.2 Å². The van der Waals surface area contributed by atoms with Gasteiger partial charge in [0.25, 0.3) is 5.91 Å². The normalized spacial score (nSPS) is 14.2. The second-order valence-electron chi connectivity index (χ2n) is 6.71. The molecular formula is C21H22FN3O4. The number of carbonyl (C=O) groups is 3. The lowest BCUT2D eigenvalue weighted by molar-refractivity contribution is 0.0601. The van der Waals surface area contributed by atoms with Crippen molar-refractivity contribution in [1.29, 1.82) is 0 Å². The molecule has 0 unspecified atom stereocenters. The van der Waals surface area contributed by atoms with Gasteiger partial charge < -0.3 is 20.3 Å². The Kier molecular flexibility index (Phi) is 6.43. The Morgan fingerprint density at radius 3 is 2.34 bits per heavy atom. The zero-order valence-corrected chi connectivity index (χ0v) is 16.0. The number of carbonyl (C=O) groups excluding carboxylic acids is 3. The molecule has 1 aliphatic heterocycles. The molecule has 3 rings (SSSR count). The van der Waals surface area contributed by atoms with E-state index in [1.807, 2.05) is 0 Å². The highest BCUT2D eigenvalue weighted by Crippen LogP contribution is 2.18. The van der Waals surface area contributed by atoms with Gasteiger partial charge in [-0.15, -0.1) is 0 Å². The predicted octanol–water partition coefficient (Wildman–Crippen LogP) is 3.04. The van der Waals surface area contributed by atoms with Crippen LogP contribution in [0.2, 0.25) is 0 Å². The molecule has 0 atom stereocenters. The van der Waals surface area contributed by atoms with E-state index in [9.17, 15) is 18.8 Å². The minimum absolute atomic E-state index is 0.0704. The lowest BCUT2D eigenvalue weighted by Crippen LogP contribution is -2.47. The number of esters is 1. The minimum atomic E-state index is -0.525. The Hall–Kier alpha value is -3.42. The average Bonchev–Trinajstić information content (AvgIpc) is 2.74.